The SMILES string of the molecule is C=C(C)C(=O)Nc1cccc(-c2ncnc3c2c(-c2nccs2)cn3COCC[Si](C)(C)C)c1. The van der Waals surface area contributed by atoms with Crippen molar-refractivity contribution in [2.75, 3.05) is 11.9 Å². The van der Waals surface area contributed by atoms with E-state index in [4.69, 9.17) is 4.74 Å². The molecule has 0 aliphatic carbocycles. The Morgan fingerprint density at radius 3 is 2.76 bits per heavy atom. The molecule has 0 radical (unpaired) electrons. The number of carbonyl (C=O) groups excluding carboxylic acids is 1. The van der Waals surface area contributed by atoms with Crippen LogP contribution in [-0.4, -0.2) is 40.1 Å². The number of nitrogens with one attached hydrogen (secondary N) is 1. The Bertz CT molecular complexity index is 1330. The number of anilines is 1. The van der Waals surface area contributed by atoms with Crippen molar-refractivity contribution in [2.24, 2.45) is 0 Å². The predicted molar refractivity (Wildman–Crippen MR) is 142 cm³/mol. The van der Waals surface area contributed by atoms with E-state index in [-0.39, 0.29) is 5.91 Å². The van der Waals surface area contributed by atoms with Gasteiger partial charge in [0.15, 0.2) is 0 Å². The van der Waals surface area contributed by atoms with Crippen molar-refractivity contribution in [2.45, 2.75) is 39.3 Å². The molecule has 0 saturated carbocycles. The third-order valence-corrected chi connectivity index (χ3v) is 7.84. The van der Waals surface area contributed by atoms with Gasteiger partial charge in [-0.15, -0.1) is 11.3 Å². The molecule has 34 heavy (non-hydrogen) atoms. The lowest BCUT2D eigenvalue weighted by Crippen LogP contribution is -2.22. The van der Waals surface area contributed by atoms with Crippen molar-refractivity contribution in [3.05, 3.63) is 60.5 Å². The van der Waals surface area contributed by atoms with Crippen LogP contribution in [0.2, 0.25) is 25.7 Å². The third-order valence-electron chi connectivity index (χ3n) is 5.32. The number of fused-ring (bicyclic) bond motifs is 1. The van der Waals surface area contributed by atoms with Crippen LogP contribution in [0.15, 0.2) is 60.5 Å². The zero-order chi connectivity index (χ0) is 24.3. The Labute approximate surface area is 204 Å². The first-order valence-corrected chi connectivity index (χ1v) is 15.7. The normalized spacial score (nSPS) is 11.6. The van der Waals surface area contributed by atoms with E-state index in [1.165, 1.54) is 0 Å². The van der Waals surface area contributed by atoms with Gasteiger partial charge in [0, 0.05) is 54.8 Å². The molecule has 4 rings (SSSR count). The van der Waals surface area contributed by atoms with E-state index in [0.717, 1.165) is 45.5 Å². The molecule has 1 N–H and O–H groups in total. The average Bonchev–Trinajstić information content (AvgIpc) is 3.44. The highest BCUT2D eigenvalue weighted by Gasteiger charge is 2.20. The summed E-state index contributed by atoms with van der Waals surface area (Å²) < 4.78 is 8.05. The van der Waals surface area contributed by atoms with E-state index in [1.807, 2.05) is 40.4 Å². The molecule has 7 nitrogen and oxygen atoms in total. The molecule has 0 atom stereocenters. The topological polar surface area (TPSA) is 81.9 Å². The van der Waals surface area contributed by atoms with Crippen LogP contribution in [0, 0.1) is 0 Å². The second-order valence-electron chi connectivity index (χ2n) is 9.43. The molecule has 176 valence electrons. The second kappa shape index (κ2) is 10.0. The molecule has 0 spiro atoms. The molecular formula is C25H29N5O2SSi. The number of ether oxygens (including phenoxy) is 1. The van der Waals surface area contributed by atoms with E-state index in [2.05, 4.69) is 46.5 Å². The van der Waals surface area contributed by atoms with Gasteiger partial charge < -0.3 is 14.6 Å². The van der Waals surface area contributed by atoms with Crippen LogP contribution in [0.1, 0.15) is 6.92 Å². The van der Waals surface area contributed by atoms with Crippen LogP contribution in [0.4, 0.5) is 5.69 Å². The summed E-state index contributed by atoms with van der Waals surface area (Å²) in [5.74, 6) is -0.213. The molecule has 1 aromatic carbocycles. The maximum Gasteiger partial charge on any atom is 0.250 e. The largest absolute Gasteiger partial charge is 0.361 e. The summed E-state index contributed by atoms with van der Waals surface area (Å²) in [6.07, 6.45) is 5.41. The van der Waals surface area contributed by atoms with Crippen molar-refractivity contribution in [1.82, 2.24) is 19.5 Å². The van der Waals surface area contributed by atoms with Crippen LogP contribution in [0.25, 0.3) is 32.9 Å². The Kier molecular flexibility index (Phi) is 7.06. The van der Waals surface area contributed by atoms with Gasteiger partial charge in [-0.25, -0.2) is 15.0 Å². The zero-order valence-electron chi connectivity index (χ0n) is 20.0. The van der Waals surface area contributed by atoms with Gasteiger partial charge in [-0.05, 0) is 25.1 Å². The van der Waals surface area contributed by atoms with E-state index in [0.29, 0.717) is 18.0 Å². The minimum Gasteiger partial charge on any atom is -0.361 e. The van der Waals surface area contributed by atoms with Crippen LogP contribution in [0.3, 0.4) is 0 Å². The number of nitrogens with zero attached hydrogens (tertiary/aromatic N) is 4. The number of hydrogen-bond acceptors (Lipinski definition) is 6. The van der Waals surface area contributed by atoms with Crippen molar-refractivity contribution in [3.8, 4) is 21.8 Å². The summed E-state index contributed by atoms with van der Waals surface area (Å²) in [5, 5.41) is 6.65. The maximum absolute atomic E-state index is 12.1. The Balaban J connectivity index is 1.75. The maximum atomic E-state index is 12.1. The van der Waals surface area contributed by atoms with Crippen molar-refractivity contribution < 1.29 is 9.53 Å². The summed E-state index contributed by atoms with van der Waals surface area (Å²) in [6.45, 7) is 13.6. The number of amides is 1. The molecule has 0 saturated heterocycles. The number of hydrogen-bond donors (Lipinski definition) is 1. The van der Waals surface area contributed by atoms with Gasteiger partial charge >= 0.3 is 0 Å². The number of benzene rings is 1. The first-order valence-electron chi connectivity index (χ1n) is 11.1. The fraction of sp³-hybridized carbons (Fsp3) is 0.280. The molecule has 3 aromatic heterocycles. The van der Waals surface area contributed by atoms with Gasteiger partial charge in [0.05, 0.1) is 11.1 Å². The second-order valence-corrected chi connectivity index (χ2v) is 15.9. The van der Waals surface area contributed by atoms with Crippen LogP contribution in [-0.2, 0) is 16.3 Å². The lowest BCUT2D eigenvalue weighted by atomic mass is 10.1. The summed E-state index contributed by atoms with van der Waals surface area (Å²) in [6, 6.07) is 8.75. The first-order chi connectivity index (χ1) is 16.2. The third kappa shape index (κ3) is 5.49. The van der Waals surface area contributed by atoms with E-state index in [9.17, 15) is 4.79 Å². The number of aromatic nitrogens is 4. The quantitative estimate of drug-likeness (QED) is 0.175. The Morgan fingerprint density at radius 1 is 1.24 bits per heavy atom. The summed E-state index contributed by atoms with van der Waals surface area (Å²) in [5.41, 5.74) is 4.55. The van der Waals surface area contributed by atoms with Gasteiger partial charge in [0.1, 0.15) is 23.7 Å². The molecule has 0 fully saturated rings. The van der Waals surface area contributed by atoms with Gasteiger partial charge in [-0.1, -0.05) is 38.4 Å². The fourth-order valence-corrected chi connectivity index (χ4v) is 4.89. The zero-order valence-corrected chi connectivity index (χ0v) is 21.8. The smallest absolute Gasteiger partial charge is 0.250 e. The van der Waals surface area contributed by atoms with E-state index >= 15 is 0 Å². The molecule has 0 aliphatic heterocycles. The first kappa shape index (κ1) is 24.0. The molecule has 0 aliphatic rings. The molecule has 3 heterocycles. The van der Waals surface area contributed by atoms with Gasteiger partial charge in [0.25, 0.3) is 5.91 Å². The number of thiazole rings is 1. The lowest BCUT2D eigenvalue weighted by Gasteiger charge is -2.15. The van der Waals surface area contributed by atoms with Crippen molar-refractivity contribution in [1.29, 1.82) is 0 Å². The highest BCUT2D eigenvalue weighted by Crippen LogP contribution is 2.37. The summed E-state index contributed by atoms with van der Waals surface area (Å²) in [7, 11) is -1.17. The Morgan fingerprint density at radius 2 is 2.06 bits per heavy atom. The lowest BCUT2D eigenvalue weighted by molar-refractivity contribution is -0.112. The Hall–Kier alpha value is -3.14. The molecule has 0 unspecified atom stereocenters. The van der Waals surface area contributed by atoms with Crippen molar-refractivity contribution >= 4 is 42.0 Å². The van der Waals surface area contributed by atoms with Crippen LogP contribution < -0.4 is 5.32 Å². The van der Waals surface area contributed by atoms with E-state index < -0.39 is 8.07 Å². The molecule has 0 bridgehead atoms. The van der Waals surface area contributed by atoms with E-state index in [1.54, 1.807) is 30.8 Å². The standard InChI is InChI=1S/C25H29N5O2SSi/c1-17(2)24(31)29-19-8-6-7-18(13-19)22-21-20(25-26-9-11-33-25)14-30(23(21)28-15-27-22)16-32-10-12-34(3,4)5/h6-9,11,13-15H,1,10,12,16H2,2-5H3,(H,29,31). The monoisotopic (exact) mass is 491 g/mol. The van der Waals surface area contributed by atoms with Gasteiger partial charge in [-0.3, -0.25) is 4.79 Å². The molecule has 4 aromatic rings. The predicted octanol–water partition coefficient (Wildman–Crippen LogP) is 6.05. The van der Waals surface area contributed by atoms with Crippen LogP contribution >= 0.6 is 11.3 Å². The minimum absolute atomic E-state index is 0.213. The molecule has 1 amide bonds. The highest BCUT2D eigenvalue weighted by atomic mass is 32.1. The number of carbonyl (C=O) groups is 1. The minimum atomic E-state index is -1.17. The van der Waals surface area contributed by atoms with Crippen molar-refractivity contribution in [3.63, 3.8) is 0 Å². The molecule has 9 heteroatoms. The average molecular weight is 492 g/mol. The molecular weight excluding hydrogens is 462 g/mol. The van der Waals surface area contributed by atoms with Gasteiger partial charge in [0.2, 0.25) is 0 Å². The van der Waals surface area contributed by atoms with Gasteiger partial charge in [-0.2, -0.15) is 0 Å². The van der Waals surface area contributed by atoms with Crippen LogP contribution in [0.5, 0.6) is 0 Å². The highest BCUT2D eigenvalue weighted by molar-refractivity contribution is 7.13. The summed E-state index contributed by atoms with van der Waals surface area (Å²) in [4.78, 5) is 25.9. The summed E-state index contributed by atoms with van der Waals surface area (Å²) >= 11 is 1.57. The number of rotatable bonds is 9. The fourth-order valence-electron chi connectivity index (χ4n) is 3.48.